The summed E-state index contributed by atoms with van der Waals surface area (Å²) >= 11 is 0. The molecule has 134 valence electrons. The van der Waals surface area contributed by atoms with Gasteiger partial charge in [0.25, 0.3) is 0 Å². The molecular weight excluding hydrogens is 343 g/mol. The van der Waals surface area contributed by atoms with E-state index in [0.29, 0.717) is 26.2 Å². The minimum absolute atomic E-state index is 0.0103. The predicted molar refractivity (Wildman–Crippen MR) is 93.4 cm³/mol. The lowest BCUT2D eigenvalue weighted by atomic mass is 10.2. The monoisotopic (exact) mass is 364 g/mol. The lowest BCUT2D eigenvalue weighted by Crippen LogP contribution is -2.48. The molecule has 25 heavy (non-hydrogen) atoms. The van der Waals surface area contributed by atoms with Crippen LogP contribution in [-0.4, -0.2) is 50.9 Å². The molecule has 5 nitrogen and oxygen atoms in total. The Labute approximate surface area is 147 Å². The van der Waals surface area contributed by atoms with Gasteiger partial charge in [-0.25, -0.2) is 12.8 Å². The van der Waals surface area contributed by atoms with Gasteiger partial charge in [-0.05, 0) is 35.9 Å². The fourth-order valence-electron chi connectivity index (χ4n) is 2.89. The van der Waals surface area contributed by atoms with Crippen molar-refractivity contribution in [3.63, 3.8) is 0 Å². The third kappa shape index (κ3) is 4.18. The van der Waals surface area contributed by atoms with Crippen molar-refractivity contribution in [1.29, 1.82) is 0 Å². The fraction of sp³-hybridized carbons (Fsp3) is 0.333. The van der Waals surface area contributed by atoms with Crippen molar-refractivity contribution >= 4 is 10.0 Å². The van der Waals surface area contributed by atoms with E-state index in [9.17, 15) is 12.8 Å². The van der Waals surface area contributed by atoms with E-state index in [4.69, 9.17) is 4.74 Å². The minimum atomic E-state index is -3.64. The van der Waals surface area contributed by atoms with E-state index < -0.39 is 15.8 Å². The molecule has 0 bridgehead atoms. The van der Waals surface area contributed by atoms with Gasteiger partial charge in [0.15, 0.2) is 0 Å². The number of hydrogen-bond acceptors (Lipinski definition) is 4. The van der Waals surface area contributed by atoms with Crippen molar-refractivity contribution < 1.29 is 17.5 Å². The Morgan fingerprint density at radius 3 is 2.32 bits per heavy atom. The Bertz CT molecular complexity index is 816. The quantitative estimate of drug-likeness (QED) is 0.817. The van der Waals surface area contributed by atoms with Crippen molar-refractivity contribution in [2.45, 2.75) is 11.4 Å². The first-order chi connectivity index (χ1) is 12.0. The van der Waals surface area contributed by atoms with Gasteiger partial charge in [0.1, 0.15) is 11.6 Å². The first-order valence-electron chi connectivity index (χ1n) is 8.10. The molecule has 1 fully saturated rings. The van der Waals surface area contributed by atoms with Crippen LogP contribution in [0.2, 0.25) is 0 Å². The van der Waals surface area contributed by atoms with Crippen LogP contribution in [0, 0.1) is 5.82 Å². The topological polar surface area (TPSA) is 49.9 Å². The molecule has 2 aromatic carbocycles. The number of sulfonamides is 1. The average molecular weight is 364 g/mol. The van der Waals surface area contributed by atoms with Crippen LogP contribution in [0.1, 0.15) is 5.56 Å². The molecule has 1 heterocycles. The van der Waals surface area contributed by atoms with Gasteiger partial charge in [0.05, 0.1) is 12.0 Å². The normalized spacial score (nSPS) is 16.7. The van der Waals surface area contributed by atoms with E-state index in [1.165, 1.54) is 22.5 Å². The lowest BCUT2D eigenvalue weighted by Gasteiger charge is -2.34. The molecular formula is C18H21FN2O3S. The van der Waals surface area contributed by atoms with Crippen LogP contribution in [0.15, 0.2) is 53.4 Å². The van der Waals surface area contributed by atoms with Gasteiger partial charge < -0.3 is 4.74 Å². The summed E-state index contributed by atoms with van der Waals surface area (Å²) in [6.45, 7) is 2.84. The third-order valence-electron chi connectivity index (χ3n) is 4.33. The summed E-state index contributed by atoms with van der Waals surface area (Å²) in [5.74, 6) is 0.272. The summed E-state index contributed by atoms with van der Waals surface area (Å²) in [5.41, 5.74) is 1.15. The van der Waals surface area contributed by atoms with Gasteiger partial charge in [-0.3, -0.25) is 4.90 Å². The van der Waals surface area contributed by atoms with Gasteiger partial charge in [0.2, 0.25) is 10.0 Å². The van der Waals surface area contributed by atoms with Crippen LogP contribution in [-0.2, 0) is 16.6 Å². The van der Waals surface area contributed by atoms with Crippen molar-refractivity contribution in [3.05, 3.63) is 59.9 Å². The maximum Gasteiger partial charge on any atom is 0.243 e. The van der Waals surface area contributed by atoms with Crippen molar-refractivity contribution in [1.82, 2.24) is 9.21 Å². The number of ether oxygens (including phenoxy) is 1. The van der Waals surface area contributed by atoms with Crippen molar-refractivity contribution in [2.75, 3.05) is 33.3 Å². The van der Waals surface area contributed by atoms with E-state index in [-0.39, 0.29) is 4.90 Å². The highest BCUT2D eigenvalue weighted by Gasteiger charge is 2.28. The first kappa shape index (κ1) is 17.8. The van der Waals surface area contributed by atoms with Gasteiger partial charge in [-0.1, -0.05) is 18.2 Å². The molecule has 7 heteroatoms. The molecule has 0 aromatic heterocycles. The summed E-state index contributed by atoms with van der Waals surface area (Å²) in [6.07, 6.45) is 0. The molecule has 0 atom stereocenters. The molecule has 0 spiro atoms. The summed E-state index contributed by atoms with van der Waals surface area (Å²) in [5, 5.41) is 0. The fourth-order valence-corrected chi connectivity index (χ4v) is 4.35. The van der Waals surface area contributed by atoms with Gasteiger partial charge in [-0.15, -0.1) is 0 Å². The van der Waals surface area contributed by atoms with Crippen LogP contribution >= 0.6 is 0 Å². The highest BCUT2D eigenvalue weighted by atomic mass is 32.2. The molecule has 2 aromatic rings. The molecule has 0 N–H and O–H groups in total. The molecule has 0 saturated carbocycles. The summed E-state index contributed by atoms with van der Waals surface area (Å²) in [7, 11) is -2.01. The van der Waals surface area contributed by atoms with Gasteiger partial charge in [-0.2, -0.15) is 4.31 Å². The zero-order valence-corrected chi connectivity index (χ0v) is 14.9. The highest BCUT2D eigenvalue weighted by Crippen LogP contribution is 2.20. The SMILES string of the molecule is COc1ccc(CN2CCN(S(=O)(=O)c3cccc(F)c3)CC2)cc1. The van der Waals surface area contributed by atoms with Crippen LogP contribution in [0.5, 0.6) is 5.75 Å². The van der Waals surface area contributed by atoms with Crippen molar-refractivity contribution in [3.8, 4) is 5.75 Å². The van der Waals surface area contributed by atoms with E-state index in [0.717, 1.165) is 23.9 Å². The molecule has 0 aliphatic carbocycles. The molecule has 1 saturated heterocycles. The second-order valence-electron chi connectivity index (χ2n) is 5.99. The smallest absolute Gasteiger partial charge is 0.243 e. The van der Waals surface area contributed by atoms with E-state index in [1.807, 2.05) is 24.3 Å². The van der Waals surface area contributed by atoms with Crippen LogP contribution in [0.3, 0.4) is 0 Å². The number of halogens is 1. The van der Waals surface area contributed by atoms with Crippen LogP contribution in [0.4, 0.5) is 4.39 Å². The Hall–Kier alpha value is -1.96. The minimum Gasteiger partial charge on any atom is -0.497 e. The second kappa shape index (κ2) is 7.51. The number of nitrogens with zero attached hydrogens (tertiary/aromatic N) is 2. The standard InChI is InChI=1S/C18H21FN2O3S/c1-24-17-7-5-15(6-8-17)14-20-9-11-21(12-10-20)25(22,23)18-4-2-3-16(19)13-18/h2-8,13H,9-12,14H2,1H3. The summed E-state index contributed by atoms with van der Waals surface area (Å²) in [6, 6.07) is 13.0. The van der Waals surface area contributed by atoms with Crippen LogP contribution < -0.4 is 4.74 Å². The third-order valence-corrected chi connectivity index (χ3v) is 6.22. The summed E-state index contributed by atoms with van der Waals surface area (Å²) < 4.78 is 45.1. The molecule has 0 radical (unpaired) electrons. The van der Waals surface area contributed by atoms with Gasteiger partial charge in [0, 0.05) is 32.7 Å². The Balaban J connectivity index is 1.61. The maximum absolute atomic E-state index is 13.3. The van der Waals surface area contributed by atoms with Gasteiger partial charge >= 0.3 is 0 Å². The van der Waals surface area contributed by atoms with Crippen LogP contribution in [0.25, 0.3) is 0 Å². The predicted octanol–water partition coefficient (Wildman–Crippen LogP) is 2.34. The lowest BCUT2D eigenvalue weighted by molar-refractivity contribution is 0.181. The number of methoxy groups -OCH3 is 1. The molecule has 0 amide bonds. The molecule has 1 aliphatic heterocycles. The number of benzene rings is 2. The Morgan fingerprint density at radius 2 is 1.72 bits per heavy atom. The van der Waals surface area contributed by atoms with E-state index >= 15 is 0 Å². The number of hydrogen-bond donors (Lipinski definition) is 0. The number of piperazine rings is 1. The first-order valence-corrected chi connectivity index (χ1v) is 9.54. The average Bonchev–Trinajstić information content (AvgIpc) is 2.63. The van der Waals surface area contributed by atoms with Crippen molar-refractivity contribution in [2.24, 2.45) is 0 Å². The van der Waals surface area contributed by atoms with E-state index in [1.54, 1.807) is 7.11 Å². The second-order valence-corrected chi connectivity index (χ2v) is 7.92. The largest absolute Gasteiger partial charge is 0.497 e. The summed E-state index contributed by atoms with van der Waals surface area (Å²) in [4.78, 5) is 2.22. The number of rotatable bonds is 5. The zero-order chi connectivity index (χ0) is 17.9. The van der Waals surface area contributed by atoms with E-state index in [2.05, 4.69) is 4.90 Å². The molecule has 3 rings (SSSR count). The molecule has 1 aliphatic rings. The Kier molecular flexibility index (Phi) is 5.36. The molecule has 0 unspecified atom stereocenters. The Morgan fingerprint density at radius 1 is 1.04 bits per heavy atom. The maximum atomic E-state index is 13.3. The highest BCUT2D eigenvalue weighted by molar-refractivity contribution is 7.89. The zero-order valence-electron chi connectivity index (χ0n) is 14.1.